The second kappa shape index (κ2) is 12.1. The van der Waals surface area contributed by atoms with Crippen molar-refractivity contribution in [2.75, 3.05) is 31.1 Å². The number of fused-ring (bicyclic) bond motifs is 2. The van der Waals surface area contributed by atoms with Crippen LogP contribution in [0.5, 0.6) is 0 Å². The van der Waals surface area contributed by atoms with E-state index in [1.807, 2.05) is 18.4 Å². The van der Waals surface area contributed by atoms with Crippen LogP contribution in [-0.4, -0.2) is 88.9 Å². The van der Waals surface area contributed by atoms with Crippen molar-refractivity contribution in [1.82, 2.24) is 34.5 Å². The van der Waals surface area contributed by atoms with Gasteiger partial charge >= 0.3 is 0 Å². The predicted molar refractivity (Wildman–Crippen MR) is 166 cm³/mol. The van der Waals surface area contributed by atoms with E-state index < -0.39 is 11.6 Å². The number of aromatic nitrogens is 6. The Kier molecular flexibility index (Phi) is 9.71. The smallest absolute Gasteiger partial charge is 0.214 e. The van der Waals surface area contributed by atoms with Gasteiger partial charge in [0.15, 0.2) is 3.92 Å². The molecule has 6 rings (SSSR count). The first-order valence-electron chi connectivity index (χ1n) is 11.4. The Bertz CT molecular complexity index is 1340. The Labute approximate surface area is 257 Å². The number of imidazole rings is 2. The highest BCUT2D eigenvalue weighted by atomic mass is 127. The lowest BCUT2D eigenvalue weighted by atomic mass is 9.88. The van der Waals surface area contributed by atoms with Gasteiger partial charge in [0, 0.05) is 30.7 Å². The number of β-amino-alcohol motifs (C(OH)–C–C–N with tert-alkyl or cyclic N) is 2. The maximum atomic E-state index is 10.0. The molecule has 0 amide bonds. The zero-order valence-corrected chi connectivity index (χ0v) is 27.7. The van der Waals surface area contributed by atoms with Gasteiger partial charge in [-0.05, 0) is 94.3 Å². The number of hydrogen-bond donors (Lipinski definition) is 5. The summed E-state index contributed by atoms with van der Waals surface area (Å²) in [5.41, 5.74) is 10.9. The monoisotopic (exact) mass is 838 g/mol. The standard InChI is InChI=1S/C10H14IN5OS.C6H14N2O.C4HBrIN3S/c1-10(12)2-3-15(5-6(10)17)9-14-16-7(11)4-13-8(16)18-9;1-6(7)2-3-8-4-5(6)9;5-3-8-9-2(6)1-7-4(9)10-3/h4,6,17H,2-3,5,12H2,1H3;5,8-9H,2-4,7H2,1H3;1H/t6-,10-;5-,6-;/m11./s1. The minimum absolute atomic E-state index is 0.370. The van der Waals surface area contributed by atoms with Gasteiger partial charge in [0.05, 0.1) is 24.6 Å². The molecular weight excluding hydrogens is 810 g/mol. The molecule has 4 aromatic rings. The third-order valence-corrected chi connectivity index (χ3v) is 10.1. The summed E-state index contributed by atoms with van der Waals surface area (Å²) in [4.78, 5) is 12.3. The first kappa shape index (κ1) is 29.7. The fourth-order valence-corrected chi connectivity index (χ4v) is 7.04. The normalized spacial score (nSPS) is 28.1. The highest BCUT2D eigenvalue weighted by Crippen LogP contribution is 2.29. The molecule has 2 fully saturated rings. The molecule has 0 aliphatic carbocycles. The lowest BCUT2D eigenvalue weighted by molar-refractivity contribution is 0.0689. The molecule has 2 aliphatic heterocycles. The molecule has 0 bridgehead atoms. The minimum atomic E-state index is -0.526. The summed E-state index contributed by atoms with van der Waals surface area (Å²) in [6, 6.07) is 0. The number of halogens is 3. The Hall–Kier alpha value is -0.260. The Morgan fingerprint density at radius 2 is 1.59 bits per heavy atom. The van der Waals surface area contributed by atoms with Crippen molar-refractivity contribution >= 4 is 98.8 Å². The molecule has 0 spiro atoms. The van der Waals surface area contributed by atoms with Crippen LogP contribution in [-0.2, 0) is 0 Å². The Balaban J connectivity index is 0.000000143. The minimum Gasteiger partial charge on any atom is -0.390 e. The van der Waals surface area contributed by atoms with Crippen molar-refractivity contribution in [3.8, 4) is 0 Å². The predicted octanol–water partition coefficient (Wildman–Crippen LogP) is 1.90. The summed E-state index contributed by atoms with van der Waals surface area (Å²) in [5.74, 6) is 0. The van der Waals surface area contributed by atoms with Crippen molar-refractivity contribution in [1.29, 1.82) is 0 Å². The molecule has 0 radical (unpaired) electrons. The average Bonchev–Trinajstić information content (AvgIpc) is 3.58. The van der Waals surface area contributed by atoms with Gasteiger partial charge in [-0.3, -0.25) is 0 Å². The summed E-state index contributed by atoms with van der Waals surface area (Å²) < 4.78 is 6.52. The van der Waals surface area contributed by atoms with Gasteiger partial charge in [0.1, 0.15) is 7.40 Å². The number of aliphatic hydroxyl groups excluding tert-OH is 2. The molecule has 4 atom stereocenters. The highest BCUT2D eigenvalue weighted by Gasteiger charge is 2.36. The van der Waals surface area contributed by atoms with E-state index in [0.29, 0.717) is 13.1 Å². The number of aliphatic hydroxyl groups is 2. The van der Waals surface area contributed by atoms with Crippen LogP contribution in [0.1, 0.15) is 26.7 Å². The average molecular weight is 839 g/mol. The lowest BCUT2D eigenvalue weighted by Crippen LogP contribution is -2.59. The van der Waals surface area contributed by atoms with Crippen LogP contribution in [0, 0.1) is 7.40 Å². The number of rotatable bonds is 1. The van der Waals surface area contributed by atoms with E-state index in [4.69, 9.17) is 11.5 Å². The largest absolute Gasteiger partial charge is 0.390 e. The van der Waals surface area contributed by atoms with Crippen LogP contribution in [0.25, 0.3) is 9.92 Å². The van der Waals surface area contributed by atoms with Crippen molar-refractivity contribution in [3.63, 3.8) is 0 Å². The van der Waals surface area contributed by atoms with E-state index in [9.17, 15) is 10.2 Å². The molecule has 0 aromatic carbocycles. The van der Waals surface area contributed by atoms with Crippen LogP contribution < -0.4 is 21.7 Å². The first-order chi connectivity index (χ1) is 17.4. The number of nitrogens with two attached hydrogens (primary N) is 2. The number of piperidine rings is 2. The second-order valence-electron chi connectivity index (χ2n) is 9.48. The number of anilines is 1. The van der Waals surface area contributed by atoms with Gasteiger partial charge < -0.3 is 31.9 Å². The van der Waals surface area contributed by atoms with Gasteiger partial charge in [-0.2, -0.15) is 9.03 Å². The van der Waals surface area contributed by atoms with E-state index >= 15 is 0 Å². The Morgan fingerprint density at radius 1 is 1.00 bits per heavy atom. The van der Waals surface area contributed by atoms with E-state index in [1.165, 1.54) is 22.7 Å². The lowest BCUT2D eigenvalue weighted by Gasteiger charge is -2.40. The SMILES string of the molecule is Brc1nn2c(I)cnc2s1.C[C@@]1(N)CCN(c2nn3c(I)cnc3s2)C[C@H]1O.C[C@@]1(N)CCNC[C@H]1O. The summed E-state index contributed by atoms with van der Waals surface area (Å²) in [7, 11) is 0. The maximum absolute atomic E-state index is 10.0. The topological polar surface area (TPSA) is 168 Å². The molecule has 6 heterocycles. The summed E-state index contributed by atoms with van der Waals surface area (Å²) in [6.07, 6.45) is 4.30. The first-order valence-corrected chi connectivity index (χ1v) is 16.0. The molecule has 0 unspecified atom stereocenters. The molecular formula is C20H29BrI2N10O2S2. The van der Waals surface area contributed by atoms with Crippen molar-refractivity contribution in [2.24, 2.45) is 11.5 Å². The molecule has 12 nitrogen and oxygen atoms in total. The molecule has 7 N–H and O–H groups in total. The van der Waals surface area contributed by atoms with Gasteiger partial charge in [-0.15, -0.1) is 10.2 Å². The van der Waals surface area contributed by atoms with E-state index in [1.54, 1.807) is 16.9 Å². The van der Waals surface area contributed by atoms with Crippen LogP contribution in [0.15, 0.2) is 16.3 Å². The zero-order chi connectivity index (χ0) is 27.0. The van der Waals surface area contributed by atoms with Crippen LogP contribution >= 0.6 is 83.8 Å². The fraction of sp³-hybridized carbons (Fsp3) is 0.600. The van der Waals surface area contributed by atoms with Gasteiger partial charge in [-0.1, -0.05) is 22.7 Å². The van der Waals surface area contributed by atoms with E-state index in [-0.39, 0.29) is 11.6 Å². The fourth-order valence-electron chi connectivity index (χ4n) is 3.65. The van der Waals surface area contributed by atoms with E-state index in [2.05, 4.69) is 91.5 Å². The zero-order valence-electron chi connectivity index (χ0n) is 20.2. The number of hydrogen-bond acceptors (Lipinski definition) is 12. The number of nitrogens with one attached hydrogen (secondary N) is 1. The quantitative estimate of drug-likeness (QED) is 0.179. The third-order valence-electron chi connectivity index (χ3n) is 6.34. The Morgan fingerprint density at radius 3 is 2.11 bits per heavy atom. The van der Waals surface area contributed by atoms with Gasteiger partial charge in [0.25, 0.3) is 0 Å². The van der Waals surface area contributed by atoms with Crippen molar-refractivity contribution in [3.05, 3.63) is 23.7 Å². The van der Waals surface area contributed by atoms with Crippen LogP contribution in [0.4, 0.5) is 5.13 Å². The van der Waals surface area contributed by atoms with Crippen LogP contribution in [0.3, 0.4) is 0 Å². The molecule has 4 aromatic heterocycles. The molecule has 204 valence electrons. The van der Waals surface area contributed by atoms with Crippen LogP contribution in [0.2, 0.25) is 0 Å². The third kappa shape index (κ3) is 7.09. The molecule has 17 heteroatoms. The molecule has 2 aliphatic rings. The highest BCUT2D eigenvalue weighted by molar-refractivity contribution is 14.1. The second-order valence-corrected chi connectivity index (χ2v) is 14.9. The van der Waals surface area contributed by atoms with Crippen molar-refractivity contribution in [2.45, 2.75) is 50.0 Å². The van der Waals surface area contributed by atoms with Crippen molar-refractivity contribution < 1.29 is 10.2 Å². The molecule has 2 saturated heterocycles. The molecule has 37 heavy (non-hydrogen) atoms. The van der Waals surface area contributed by atoms with E-state index in [0.717, 1.165) is 52.3 Å². The van der Waals surface area contributed by atoms with Gasteiger partial charge in [0.2, 0.25) is 15.1 Å². The summed E-state index contributed by atoms with van der Waals surface area (Å²) >= 11 is 10.7. The molecule has 0 saturated carbocycles. The van der Waals surface area contributed by atoms with Gasteiger partial charge in [-0.25, -0.2) is 9.97 Å². The summed E-state index contributed by atoms with van der Waals surface area (Å²) in [6.45, 7) is 6.68. The summed E-state index contributed by atoms with van der Waals surface area (Å²) in [5, 5.41) is 31.9. The number of nitrogens with zero attached hydrogens (tertiary/aromatic N) is 7. The maximum Gasteiger partial charge on any atom is 0.214 e.